The number of hydrogen-bond donors (Lipinski definition) is 1. The van der Waals surface area contributed by atoms with Crippen LogP contribution in [0.2, 0.25) is 0 Å². The number of morpholine rings is 1. The first-order valence-corrected chi connectivity index (χ1v) is 8.89. The number of hydrogen-bond acceptors (Lipinski definition) is 5. The Morgan fingerprint density at radius 1 is 1.24 bits per heavy atom. The predicted octanol–water partition coefficient (Wildman–Crippen LogP) is 2.31. The van der Waals surface area contributed by atoms with Gasteiger partial charge in [0.1, 0.15) is 12.7 Å². The maximum atomic E-state index is 12.2. The maximum Gasteiger partial charge on any atom is 0.410 e. The molecule has 2 heterocycles. The van der Waals surface area contributed by atoms with E-state index in [9.17, 15) is 4.79 Å². The van der Waals surface area contributed by atoms with E-state index in [1.54, 1.807) is 11.2 Å². The Bertz CT molecular complexity index is 564. The normalized spacial score (nSPS) is 23.1. The topological polar surface area (TPSA) is 60.0 Å². The predicted molar refractivity (Wildman–Crippen MR) is 94.1 cm³/mol. The average Bonchev–Trinajstić information content (AvgIpc) is 2.68. The Morgan fingerprint density at radius 3 is 2.88 bits per heavy atom. The first kappa shape index (κ1) is 17.8. The van der Waals surface area contributed by atoms with Gasteiger partial charge in [0, 0.05) is 19.6 Å². The largest absolute Gasteiger partial charge is 0.497 e. The summed E-state index contributed by atoms with van der Waals surface area (Å²) in [6.07, 6.45) is 5.84. The van der Waals surface area contributed by atoms with Crippen LogP contribution in [-0.2, 0) is 20.8 Å². The van der Waals surface area contributed by atoms with Gasteiger partial charge in [-0.3, -0.25) is 0 Å². The van der Waals surface area contributed by atoms with Crippen LogP contribution in [0.1, 0.15) is 18.4 Å². The van der Waals surface area contributed by atoms with Gasteiger partial charge in [-0.2, -0.15) is 0 Å². The Kier molecular flexibility index (Phi) is 6.71. The smallest absolute Gasteiger partial charge is 0.410 e. The molecule has 25 heavy (non-hydrogen) atoms. The molecule has 0 saturated carbocycles. The van der Waals surface area contributed by atoms with E-state index in [4.69, 9.17) is 14.2 Å². The first-order chi connectivity index (χ1) is 12.3. The molecule has 1 saturated heterocycles. The minimum absolute atomic E-state index is 0.0165. The van der Waals surface area contributed by atoms with Gasteiger partial charge in [-0.15, -0.1) is 0 Å². The minimum atomic E-state index is -0.280. The van der Waals surface area contributed by atoms with Crippen LogP contribution in [0.5, 0.6) is 0 Å². The van der Waals surface area contributed by atoms with E-state index in [1.807, 2.05) is 36.4 Å². The Morgan fingerprint density at radius 2 is 2.08 bits per heavy atom. The van der Waals surface area contributed by atoms with Crippen LogP contribution in [-0.4, -0.2) is 56.0 Å². The fraction of sp³-hybridized carbons (Fsp3) is 0.526. The highest BCUT2D eigenvalue weighted by molar-refractivity contribution is 5.67. The molecule has 6 heteroatoms. The summed E-state index contributed by atoms with van der Waals surface area (Å²) in [6, 6.07) is 9.71. The van der Waals surface area contributed by atoms with Crippen LogP contribution < -0.4 is 5.32 Å². The monoisotopic (exact) mass is 346 g/mol. The van der Waals surface area contributed by atoms with Gasteiger partial charge in [-0.25, -0.2) is 4.79 Å². The molecule has 2 atom stereocenters. The summed E-state index contributed by atoms with van der Waals surface area (Å²) in [7, 11) is 0. The number of carbonyl (C=O) groups excluding carboxylic acids is 1. The lowest BCUT2D eigenvalue weighted by atomic mass is 10.1. The molecule has 3 rings (SSSR count). The van der Waals surface area contributed by atoms with Crippen LogP contribution >= 0.6 is 0 Å². The van der Waals surface area contributed by atoms with Gasteiger partial charge < -0.3 is 24.4 Å². The lowest BCUT2D eigenvalue weighted by Gasteiger charge is -2.32. The van der Waals surface area contributed by atoms with Crippen LogP contribution in [0.25, 0.3) is 0 Å². The van der Waals surface area contributed by atoms with E-state index in [0.717, 1.165) is 24.9 Å². The second-order valence-electron chi connectivity index (χ2n) is 6.34. The van der Waals surface area contributed by atoms with Gasteiger partial charge >= 0.3 is 6.09 Å². The number of ether oxygens (including phenoxy) is 3. The summed E-state index contributed by atoms with van der Waals surface area (Å²) in [4.78, 5) is 14.0. The van der Waals surface area contributed by atoms with E-state index < -0.39 is 0 Å². The number of nitrogens with one attached hydrogen (secondary N) is 1. The summed E-state index contributed by atoms with van der Waals surface area (Å²) in [5.74, 6) is 0. The summed E-state index contributed by atoms with van der Waals surface area (Å²) in [5, 5.41) is 3.38. The van der Waals surface area contributed by atoms with Gasteiger partial charge in [0.25, 0.3) is 0 Å². The zero-order valence-corrected chi connectivity index (χ0v) is 14.4. The van der Waals surface area contributed by atoms with Gasteiger partial charge in [0.2, 0.25) is 0 Å². The highest BCUT2D eigenvalue weighted by Crippen LogP contribution is 2.11. The molecule has 1 N–H and O–H groups in total. The number of rotatable bonds is 6. The number of carbonyl (C=O) groups is 1. The molecule has 1 fully saturated rings. The fourth-order valence-corrected chi connectivity index (χ4v) is 2.96. The van der Waals surface area contributed by atoms with Gasteiger partial charge in [-0.1, -0.05) is 30.3 Å². The molecule has 1 aromatic rings. The SMILES string of the molecule is O=C(OCc1ccccc1)N1CCOC(CNCC2CCC=CO2)C1. The number of benzene rings is 1. The molecule has 0 aromatic heterocycles. The van der Waals surface area contributed by atoms with E-state index in [2.05, 4.69) is 5.32 Å². The van der Waals surface area contributed by atoms with Crippen molar-refractivity contribution in [3.63, 3.8) is 0 Å². The molecule has 0 radical (unpaired) electrons. The van der Waals surface area contributed by atoms with Crippen molar-refractivity contribution in [2.24, 2.45) is 0 Å². The molecule has 6 nitrogen and oxygen atoms in total. The molecule has 0 bridgehead atoms. The van der Waals surface area contributed by atoms with Crippen molar-refractivity contribution in [1.82, 2.24) is 10.2 Å². The minimum Gasteiger partial charge on any atom is -0.497 e. The van der Waals surface area contributed by atoms with E-state index in [-0.39, 0.29) is 18.3 Å². The molecule has 1 amide bonds. The molecular weight excluding hydrogens is 320 g/mol. The van der Waals surface area contributed by atoms with Crippen molar-refractivity contribution in [3.8, 4) is 0 Å². The van der Waals surface area contributed by atoms with E-state index in [0.29, 0.717) is 32.8 Å². The summed E-state index contributed by atoms with van der Waals surface area (Å²) >= 11 is 0. The van der Waals surface area contributed by atoms with Gasteiger partial charge in [0.15, 0.2) is 0 Å². The van der Waals surface area contributed by atoms with E-state index >= 15 is 0 Å². The lowest BCUT2D eigenvalue weighted by molar-refractivity contribution is -0.0281. The van der Waals surface area contributed by atoms with Crippen molar-refractivity contribution in [2.75, 3.05) is 32.8 Å². The quantitative estimate of drug-likeness (QED) is 0.856. The highest BCUT2D eigenvalue weighted by atomic mass is 16.6. The third-order valence-corrected chi connectivity index (χ3v) is 4.37. The zero-order chi connectivity index (χ0) is 17.3. The summed E-state index contributed by atoms with van der Waals surface area (Å²) in [5.41, 5.74) is 0.990. The second kappa shape index (κ2) is 9.44. The van der Waals surface area contributed by atoms with Crippen LogP contribution in [0, 0.1) is 0 Å². The molecule has 2 aliphatic rings. The summed E-state index contributed by atoms with van der Waals surface area (Å²) < 4.78 is 16.7. The standard InChI is InChI=1S/C19H26N2O4/c22-19(25-15-16-6-2-1-3-7-16)21-9-11-24-18(14-21)13-20-12-17-8-4-5-10-23-17/h1-3,5-7,10,17-18,20H,4,8-9,11-15H2. The van der Waals surface area contributed by atoms with Gasteiger partial charge in [-0.05, 0) is 24.5 Å². The zero-order valence-electron chi connectivity index (χ0n) is 14.4. The highest BCUT2D eigenvalue weighted by Gasteiger charge is 2.25. The first-order valence-electron chi connectivity index (χ1n) is 8.89. The molecule has 0 spiro atoms. The van der Waals surface area contributed by atoms with Crippen molar-refractivity contribution in [2.45, 2.75) is 31.7 Å². The summed E-state index contributed by atoms with van der Waals surface area (Å²) in [6.45, 7) is 3.45. The fourth-order valence-electron chi connectivity index (χ4n) is 2.96. The van der Waals surface area contributed by atoms with Crippen LogP contribution in [0.4, 0.5) is 4.79 Å². The number of amides is 1. The molecule has 2 aliphatic heterocycles. The maximum absolute atomic E-state index is 12.2. The number of allylic oxidation sites excluding steroid dienone is 1. The third kappa shape index (κ3) is 5.76. The molecule has 1 aromatic carbocycles. The molecule has 0 aliphatic carbocycles. The van der Waals surface area contributed by atoms with Crippen molar-refractivity contribution < 1.29 is 19.0 Å². The van der Waals surface area contributed by atoms with Crippen LogP contribution in [0.3, 0.4) is 0 Å². The Labute approximate surface area is 148 Å². The molecule has 136 valence electrons. The molecular formula is C19H26N2O4. The number of nitrogens with zero attached hydrogens (tertiary/aromatic N) is 1. The van der Waals surface area contributed by atoms with Gasteiger partial charge in [0.05, 0.1) is 25.5 Å². The Hall–Kier alpha value is -2.05. The third-order valence-electron chi connectivity index (χ3n) is 4.37. The Balaban J connectivity index is 1.36. The van der Waals surface area contributed by atoms with Crippen molar-refractivity contribution in [3.05, 3.63) is 48.2 Å². The van der Waals surface area contributed by atoms with E-state index in [1.165, 1.54) is 0 Å². The van der Waals surface area contributed by atoms with Crippen molar-refractivity contribution in [1.29, 1.82) is 0 Å². The average molecular weight is 346 g/mol. The second-order valence-corrected chi connectivity index (χ2v) is 6.34. The molecule has 2 unspecified atom stereocenters. The lowest BCUT2D eigenvalue weighted by Crippen LogP contribution is -2.49. The van der Waals surface area contributed by atoms with Crippen molar-refractivity contribution >= 4 is 6.09 Å². The van der Waals surface area contributed by atoms with Crippen LogP contribution in [0.15, 0.2) is 42.7 Å².